The molecular weight excluding hydrogens is 512 g/mol. The Hall–Kier alpha value is -2.69. The molecule has 1 saturated heterocycles. The number of nitrogens with one attached hydrogen (secondary N) is 1. The molecule has 214 valence electrons. The van der Waals surface area contributed by atoms with Gasteiger partial charge in [0.05, 0.1) is 18.2 Å². The van der Waals surface area contributed by atoms with Gasteiger partial charge in [0.15, 0.2) is 23.5 Å². The zero-order valence-corrected chi connectivity index (χ0v) is 23.1. The summed E-state index contributed by atoms with van der Waals surface area (Å²) in [6, 6.07) is 6.37. The fourth-order valence-electron chi connectivity index (χ4n) is 8.81. The molecule has 6 rings (SSSR count). The molecule has 40 heavy (non-hydrogen) atoms. The number of benzene rings is 1. The lowest BCUT2D eigenvalue weighted by Gasteiger charge is -2.59. The second kappa shape index (κ2) is 9.42. The lowest BCUT2D eigenvalue weighted by molar-refractivity contribution is -0.201. The summed E-state index contributed by atoms with van der Waals surface area (Å²) in [5.74, 6) is -0.706. The number of Topliss-reactive ketones (excluding diaryl/α,β-unsaturated/α-hetero) is 1. The monoisotopic (exact) mass is 550 g/mol. The quantitative estimate of drug-likeness (QED) is 0.437. The molecule has 0 aromatic heterocycles. The van der Waals surface area contributed by atoms with Crippen LogP contribution in [0.2, 0.25) is 0 Å². The van der Waals surface area contributed by atoms with Gasteiger partial charge in [-0.3, -0.25) is 14.4 Å². The van der Waals surface area contributed by atoms with E-state index in [1.807, 2.05) is 13.0 Å². The van der Waals surface area contributed by atoms with Crippen LogP contribution in [0.25, 0.3) is 0 Å². The summed E-state index contributed by atoms with van der Waals surface area (Å²) in [4.78, 5) is 37.7. The smallest absolute Gasteiger partial charge is 0.240 e. The molecule has 1 aromatic carbocycles. The maximum Gasteiger partial charge on any atom is 0.240 e. The van der Waals surface area contributed by atoms with E-state index in [9.17, 15) is 24.6 Å². The van der Waals surface area contributed by atoms with Crippen LogP contribution in [0.3, 0.4) is 0 Å². The molecule has 1 aromatic rings. The van der Waals surface area contributed by atoms with Crippen LogP contribution in [0.15, 0.2) is 48.1 Å². The van der Waals surface area contributed by atoms with Crippen molar-refractivity contribution in [1.29, 1.82) is 0 Å². The molecule has 0 unspecified atom stereocenters. The first-order valence-electron chi connectivity index (χ1n) is 14.2. The summed E-state index contributed by atoms with van der Waals surface area (Å²) in [6.45, 7) is 5.04. The fraction of sp³-hybridized carbons (Fsp3) is 0.581. The van der Waals surface area contributed by atoms with Gasteiger partial charge in [0.1, 0.15) is 6.61 Å². The number of fused-ring (bicyclic) bond motifs is 7. The zero-order valence-electron chi connectivity index (χ0n) is 23.1. The summed E-state index contributed by atoms with van der Waals surface area (Å²) in [7, 11) is 0. The molecule has 5 N–H and O–H groups in total. The number of aliphatic hydroxyl groups excluding tert-OH is 2. The molecule has 1 heterocycles. The highest BCUT2D eigenvalue weighted by Gasteiger charge is 2.75. The standard InChI is InChI=1S/C31H38N2O7/c1-16(32)27(38)33-19-7-4-17(5-8-19)28-39-25-13-22-21-9-6-18-12-20(35)10-11-29(18,2)26(21)23(36)14-30(22,3)31(25,40-28)24(37)15-34/h4-5,7-8,10-12,16,21-23,25-26,28,34,36H,6,9,13-15,32H2,1-3H3,(H,33,38)/t16-,21-,22-,23-,25+,26+,28+,29-,30-,31+/m0/s1. The Morgan fingerprint density at radius 1 is 1.23 bits per heavy atom. The average molecular weight is 551 g/mol. The van der Waals surface area contributed by atoms with Gasteiger partial charge in [0.25, 0.3) is 0 Å². The van der Waals surface area contributed by atoms with Crippen LogP contribution in [-0.4, -0.2) is 58.1 Å². The van der Waals surface area contributed by atoms with Gasteiger partial charge in [-0.2, -0.15) is 0 Å². The van der Waals surface area contributed by atoms with Crippen molar-refractivity contribution in [3.05, 3.63) is 53.6 Å². The van der Waals surface area contributed by atoms with Crippen molar-refractivity contribution in [3.63, 3.8) is 0 Å². The number of anilines is 1. The molecule has 0 spiro atoms. The first-order chi connectivity index (χ1) is 18.9. The summed E-state index contributed by atoms with van der Waals surface area (Å²) in [6.07, 6.45) is 5.61. The number of ketones is 2. The number of carbonyl (C=O) groups excluding carboxylic acids is 3. The van der Waals surface area contributed by atoms with Crippen LogP contribution < -0.4 is 11.1 Å². The van der Waals surface area contributed by atoms with Gasteiger partial charge in [0.2, 0.25) is 5.91 Å². The molecule has 1 amide bonds. The highest BCUT2D eigenvalue weighted by atomic mass is 16.7. The van der Waals surface area contributed by atoms with Crippen molar-refractivity contribution < 1.29 is 34.1 Å². The minimum Gasteiger partial charge on any atom is -0.393 e. The first kappa shape index (κ1) is 27.5. The van der Waals surface area contributed by atoms with Crippen LogP contribution in [0.4, 0.5) is 5.69 Å². The third-order valence-corrected chi connectivity index (χ3v) is 10.7. The van der Waals surface area contributed by atoms with Gasteiger partial charge in [0, 0.05) is 28.0 Å². The van der Waals surface area contributed by atoms with Crippen LogP contribution in [0, 0.1) is 28.6 Å². The van der Waals surface area contributed by atoms with Gasteiger partial charge in [-0.05, 0) is 68.7 Å². The van der Waals surface area contributed by atoms with Crippen molar-refractivity contribution in [3.8, 4) is 0 Å². The topological polar surface area (TPSA) is 148 Å². The van der Waals surface area contributed by atoms with Crippen molar-refractivity contribution in [2.45, 2.75) is 76.6 Å². The lowest BCUT2D eigenvalue weighted by Crippen LogP contribution is -2.63. The third-order valence-electron chi connectivity index (χ3n) is 10.7. The molecule has 9 heteroatoms. The van der Waals surface area contributed by atoms with Crippen molar-refractivity contribution in [1.82, 2.24) is 0 Å². The van der Waals surface area contributed by atoms with E-state index in [0.29, 0.717) is 24.1 Å². The summed E-state index contributed by atoms with van der Waals surface area (Å²) in [5, 5.41) is 24.6. The SMILES string of the molecule is C[C@H](N)C(=O)Nc1ccc([C@@H]2O[C@@H]3C[C@H]4[C@@H]5CCC6=CC(=O)C=C[C@]6(C)[C@H]5[C@@H](O)C[C@]4(C)[C@]3(C(=O)CO)O2)cc1. The number of rotatable bonds is 5. The zero-order chi connectivity index (χ0) is 28.6. The third kappa shape index (κ3) is 3.75. The number of amides is 1. The van der Waals surface area contributed by atoms with E-state index in [-0.39, 0.29) is 29.4 Å². The molecule has 3 saturated carbocycles. The number of carbonyl (C=O) groups is 3. The Bertz CT molecular complexity index is 1310. The van der Waals surface area contributed by atoms with Crippen molar-refractivity contribution in [2.24, 2.45) is 34.3 Å². The van der Waals surface area contributed by atoms with Crippen LogP contribution >= 0.6 is 0 Å². The average Bonchev–Trinajstić information content (AvgIpc) is 3.42. The number of allylic oxidation sites excluding steroid dienone is 4. The Morgan fingerprint density at radius 2 is 1.95 bits per heavy atom. The molecule has 9 nitrogen and oxygen atoms in total. The second-order valence-corrected chi connectivity index (χ2v) is 12.7. The lowest BCUT2D eigenvalue weighted by atomic mass is 9.46. The molecule has 0 bridgehead atoms. The van der Waals surface area contributed by atoms with Crippen molar-refractivity contribution >= 4 is 23.2 Å². The number of ether oxygens (including phenoxy) is 2. The molecule has 4 fully saturated rings. The van der Waals surface area contributed by atoms with E-state index in [1.165, 1.54) is 0 Å². The summed E-state index contributed by atoms with van der Waals surface area (Å²) < 4.78 is 13.1. The van der Waals surface area contributed by atoms with E-state index in [1.54, 1.807) is 43.3 Å². The second-order valence-electron chi connectivity index (χ2n) is 12.7. The fourth-order valence-corrected chi connectivity index (χ4v) is 8.81. The predicted molar refractivity (Wildman–Crippen MR) is 146 cm³/mol. The molecule has 5 aliphatic rings. The molecule has 1 aliphatic heterocycles. The van der Waals surface area contributed by atoms with Gasteiger partial charge in [-0.25, -0.2) is 0 Å². The Kier molecular flexibility index (Phi) is 6.47. The minimum atomic E-state index is -1.40. The predicted octanol–water partition coefficient (Wildman–Crippen LogP) is 2.58. The van der Waals surface area contributed by atoms with E-state index in [4.69, 9.17) is 15.2 Å². The number of nitrogens with two attached hydrogens (primary N) is 1. The van der Waals surface area contributed by atoms with Crippen LogP contribution in [-0.2, 0) is 23.9 Å². The number of aliphatic hydroxyl groups is 2. The molecule has 10 atom stereocenters. The van der Waals surface area contributed by atoms with Gasteiger partial charge < -0.3 is 30.7 Å². The highest BCUT2D eigenvalue weighted by molar-refractivity contribution is 6.01. The van der Waals surface area contributed by atoms with Crippen molar-refractivity contribution in [2.75, 3.05) is 11.9 Å². The minimum absolute atomic E-state index is 0.0128. The normalized spacial score (nSPS) is 42.2. The Labute approximate surface area is 233 Å². The maximum atomic E-state index is 13.6. The van der Waals surface area contributed by atoms with Crippen LogP contribution in [0.5, 0.6) is 0 Å². The summed E-state index contributed by atoms with van der Waals surface area (Å²) in [5.41, 5.74) is 5.39. The van der Waals surface area contributed by atoms with E-state index in [0.717, 1.165) is 18.4 Å². The highest BCUT2D eigenvalue weighted by Crippen LogP contribution is 2.70. The Balaban J connectivity index is 1.31. The molecule has 4 aliphatic carbocycles. The molecule has 0 radical (unpaired) electrons. The van der Waals surface area contributed by atoms with E-state index >= 15 is 0 Å². The first-order valence-corrected chi connectivity index (χ1v) is 14.2. The number of hydrogen-bond donors (Lipinski definition) is 4. The van der Waals surface area contributed by atoms with Crippen LogP contribution in [0.1, 0.15) is 58.3 Å². The molecular formula is C31H38N2O7. The maximum absolute atomic E-state index is 13.6. The number of hydrogen-bond acceptors (Lipinski definition) is 8. The van der Waals surface area contributed by atoms with E-state index in [2.05, 4.69) is 12.2 Å². The largest absolute Gasteiger partial charge is 0.393 e. The van der Waals surface area contributed by atoms with Gasteiger partial charge in [-0.1, -0.05) is 37.6 Å². The Morgan fingerprint density at radius 3 is 2.62 bits per heavy atom. The van der Waals surface area contributed by atoms with Gasteiger partial charge >= 0.3 is 0 Å². The van der Waals surface area contributed by atoms with Gasteiger partial charge in [-0.15, -0.1) is 0 Å². The summed E-state index contributed by atoms with van der Waals surface area (Å²) >= 11 is 0. The van der Waals surface area contributed by atoms with E-state index < -0.39 is 53.4 Å².